The first-order valence-corrected chi connectivity index (χ1v) is 9.23. The molecule has 142 valence electrons. The lowest BCUT2D eigenvalue weighted by molar-refractivity contribution is -0.129. The van der Waals surface area contributed by atoms with E-state index in [0.29, 0.717) is 19.6 Å². The Morgan fingerprint density at radius 2 is 2.07 bits per heavy atom. The first kappa shape index (κ1) is 18.9. The van der Waals surface area contributed by atoms with Crippen molar-refractivity contribution in [2.24, 2.45) is 5.92 Å². The summed E-state index contributed by atoms with van der Waals surface area (Å²) >= 11 is 0. The zero-order valence-corrected chi connectivity index (χ0v) is 15.6. The van der Waals surface area contributed by atoms with Crippen molar-refractivity contribution in [1.82, 2.24) is 15.2 Å². The predicted molar refractivity (Wildman–Crippen MR) is 102 cm³/mol. The number of carbonyl (C=O) groups excluding carboxylic acids is 2. The van der Waals surface area contributed by atoms with Crippen molar-refractivity contribution in [1.29, 1.82) is 0 Å². The third-order valence-electron chi connectivity index (χ3n) is 4.78. The molecule has 2 amide bonds. The molecular weight excluding hydrogens is 342 g/mol. The minimum absolute atomic E-state index is 0.0252. The molecule has 1 aromatic carbocycles. The molecule has 3 rings (SSSR count). The summed E-state index contributed by atoms with van der Waals surface area (Å²) in [5.41, 5.74) is 2.19. The van der Waals surface area contributed by atoms with E-state index in [1.54, 1.807) is 24.4 Å². The Morgan fingerprint density at radius 1 is 1.26 bits per heavy atom. The number of rotatable bonds is 8. The van der Waals surface area contributed by atoms with Crippen LogP contribution in [0.3, 0.4) is 0 Å². The van der Waals surface area contributed by atoms with Gasteiger partial charge in [-0.25, -0.2) is 0 Å². The minimum atomic E-state index is -0.268. The molecule has 6 nitrogen and oxygen atoms in total. The fourth-order valence-corrected chi connectivity index (χ4v) is 3.25. The Bertz CT molecular complexity index is 762. The topological polar surface area (TPSA) is 71.5 Å². The van der Waals surface area contributed by atoms with Gasteiger partial charge in [-0.3, -0.25) is 14.6 Å². The van der Waals surface area contributed by atoms with E-state index < -0.39 is 0 Å². The van der Waals surface area contributed by atoms with Crippen LogP contribution in [0.15, 0.2) is 48.8 Å². The van der Waals surface area contributed by atoms with Crippen molar-refractivity contribution < 1.29 is 14.3 Å². The number of aryl methyl sites for hydroxylation is 1. The lowest BCUT2D eigenvalue weighted by atomic mass is 10.1. The molecule has 2 heterocycles. The molecule has 1 atom stereocenters. The second kappa shape index (κ2) is 9.16. The molecule has 1 aliphatic heterocycles. The van der Waals surface area contributed by atoms with E-state index in [2.05, 4.69) is 10.3 Å². The molecule has 1 N–H and O–H groups in total. The van der Waals surface area contributed by atoms with Crippen LogP contribution in [-0.2, 0) is 22.6 Å². The molecule has 1 saturated heterocycles. The van der Waals surface area contributed by atoms with Crippen molar-refractivity contribution >= 4 is 11.8 Å². The number of nitrogens with one attached hydrogen (secondary N) is 1. The predicted octanol–water partition coefficient (Wildman–Crippen LogP) is 2.19. The number of hydrogen-bond donors (Lipinski definition) is 1. The molecule has 6 heteroatoms. The van der Waals surface area contributed by atoms with Gasteiger partial charge >= 0.3 is 0 Å². The van der Waals surface area contributed by atoms with Crippen molar-refractivity contribution in [3.63, 3.8) is 0 Å². The quantitative estimate of drug-likeness (QED) is 0.726. The Hall–Kier alpha value is -2.89. The van der Waals surface area contributed by atoms with Crippen molar-refractivity contribution in [3.8, 4) is 5.75 Å². The van der Waals surface area contributed by atoms with E-state index in [-0.39, 0.29) is 24.2 Å². The molecule has 0 aliphatic carbocycles. The Kier molecular flexibility index (Phi) is 6.41. The van der Waals surface area contributed by atoms with E-state index in [1.165, 1.54) is 5.56 Å². The molecule has 1 aliphatic rings. The first-order chi connectivity index (χ1) is 13.2. The third-order valence-corrected chi connectivity index (χ3v) is 4.78. The lowest BCUT2D eigenvalue weighted by Gasteiger charge is -2.16. The zero-order chi connectivity index (χ0) is 19.1. The van der Waals surface area contributed by atoms with Crippen molar-refractivity contribution in [2.75, 3.05) is 20.2 Å². The van der Waals surface area contributed by atoms with Gasteiger partial charge in [0.2, 0.25) is 11.8 Å². The fraction of sp³-hybridized carbons (Fsp3) is 0.381. The Morgan fingerprint density at radius 3 is 2.78 bits per heavy atom. The van der Waals surface area contributed by atoms with Crippen molar-refractivity contribution in [2.45, 2.75) is 25.8 Å². The maximum atomic E-state index is 12.4. The van der Waals surface area contributed by atoms with Gasteiger partial charge in [0, 0.05) is 38.4 Å². The summed E-state index contributed by atoms with van der Waals surface area (Å²) in [4.78, 5) is 30.3. The second-order valence-electron chi connectivity index (χ2n) is 6.78. The monoisotopic (exact) mass is 367 g/mol. The number of amides is 2. The normalized spacial score (nSPS) is 16.4. The molecule has 1 fully saturated rings. The van der Waals surface area contributed by atoms with Crippen LogP contribution in [0.4, 0.5) is 0 Å². The van der Waals surface area contributed by atoms with Crippen LogP contribution < -0.4 is 10.1 Å². The summed E-state index contributed by atoms with van der Waals surface area (Å²) in [5, 5.41) is 2.97. The number of likely N-dealkylation sites (tertiary alicyclic amines) is 1. The fourth-order valence-electron chi connectivity index (χ4n) is 3.25. The summed E-state index contributed by atoms with van der Waals surface area (Å²) in [6.45, 7) is 1.59. The van der Waals surface area contributed by atoms with Gasteiger partial charge in [0.25, 0.3) is 0 Å². The van der Waals surface area contributed by atoms with Crippen LogP contribution in [0, 0.1) is 5.92 Å². The van der Waals surface area contributed by atoms with E-state index in [9.17, 15) is 9.59 Å². The van der Waals surface area contributed by atoms with Crippen LogP contribution in [0.1, 0.15) is 24.0 Å². The van der Waals surface area contributed by atoms with Gasteiger partial charge in [0.15, 0.2) is 0 Å². The van der Waals surface area contributed by atoms with E-state index in [0.717, 1.165) is 24.2 Å². The van der Waals surface area contributed by atoms with Gasteiger partial charge in [-0.1, -0.05) is 18.2 Å². The highest BCUT2D eigenvalue weighted by Gasteiger charge is 2.33. The summed E-state index contributed by atoms with van der Waals surface area (Å²) in [6.07, 6.45) is 5.49. The summed E-state index contributed by atoms with van der Waals surface area (Å²) in [7, 11) is 1.65. The summed E-state index contributed by atoms with van der Waals surface area (Å²) in [5.74, 6) is 0.563. The average molecular weight is 367 g/mol. The third kappa shape index (κ3) is 5.29. The second-order valence-corrected chi connectivity index (χ2v) is 6.78. The van der Waals surface area contributed by atoms with Crippen LogP contribution in [0.5, 0.6) is 5.75 Å². The van der Waals surface area contributed by atoms with Crippen LogP contribution in [0.2, 0.25) is 0 Å². The molecular formula is C21H25N3O3. The number of methoxy groups -OCH3 is 1. The summed E-state index contributed by atoms with van der Waals surface area (Å²) in [6, 6.07) is 11.7. The SMILES string of the molecule is COc1ccc(CCCNC(=O)[C@H]2CC(=O)N(Cc3cccnc3)C2)cc1. The number of nitrogens with zero attached hydrogens (tertiary/aromatic N) is 2. The Labute approximate surface area is 159 Å². The zero-order valence-electron chi connectivity index (χ0n) is 15.6. The lowest BCUT2D eigenvalue weighted by Crippen LogP contribution is -2.33. The molecule has 2 aromatic rings. The highest BCUT2D eigenvalue weighted by atomic mass is 16.5. The van der Waals surface area contributed by atoms with Crippen LogP contribution in [-0.4, -0.2) is 41.9 Å². The number of ether oxygens (including phenoxy) is 1. The largest absolute Gasteiger partial charge is 0.497 e. The van der Waals surface area contributed by atoms with E-state index in [1.807, 2.05) is 36.4 Å². The minimum Gasteiger partial charge on any atom is -0.497 e. The molecule has 0 saturated carbocycles. The maximum absolute atomic E-state index is 12.4. The van der Waals surface area contributed by atoms with E-state index >= 15 is 0 Å². The highest BCUT2D eigenvalue weighted by Crippen LogP contribution is 2.20. The summed E-state index contributed by atoms with van der Waals surface area (Å²) < 4.78 is 5.15. The molecule has 0 bridgehead atoms. The van der Waals surface area contributed by atoms with E-state index in [4.69, 9.17) is 4.74 Å². The van der Waals surface area contributed by atoms with Gasteiger partial charge in [0.05, 0.1) is 13.0 Å². The number of carbonyl (C=O) groups is 2. The van der Waals surface area contributed by atoms with Crippen molar-refractivity contribution in [3.05, 3.63) is 59.9 Å². The molecule has 1 aromatic heterocycles. The number of hydrogen-bond acceptors (Lipinski definition) is 4. The molecule has 0 unspecified atom stereocenters. The first-order valence-electron chi connectivity index (χ1n) is 9.23. The molecule has 0 spiro atoms. The highest BCUT2D eigenvalue weighted by molar-refractivity contribution is 5.89. The molecule has 27 heavy (non-hydrogen) atoms. The van der Waals surface area contributed by atoms with Gasteiger partial charge in [-0.2, -0.15) is 0 Å². The van der Waals surface area contributed by atoms with Crippen LogP contribution in [0.25, 0.3) is 0 Å². The maximum Gasteiger partial charge on any atom is 0.225 e. The van der Waals surface area contributed by atoms with Gasteiger partial charge in [-0.15, -0.1) is 0 Å². The Balaban J connectivity index is 1.40. The smallest absolute Gasteiger partial charge is 0.225 e. The standard InChI is InChI=1S/C21H25N3O3/c1-27-19-8-6-16(7-9-19)4-3-11-23-21(26)18-12-20(25)24(15-18)14-17-5-2-10-22-13-17/h2,5-10,13,18H,3-4,11-12,14-15H2,1H3,(H,23,26)/t18-/m0/s1. The number of pyridine rings is 1. The van der Waals surface area contributed by atoms with Gasteiger partial charge < -0.3 is 15.0 Å². The number of benzene rings is 1. The van der Waals surface area contributed by atoms with Crippen LogP contribution >= 0.6 is 0 Å². The average Bonchev–Trinajstić information content (AvgIpc) is 3.07. The van der Waals surface area contributed by atoms with Gasteiger partial charge in [0.1, 0.15) is 5.75 Å². The number of aromatic nitrogens is 1. The molecule has 0 radical (unpaired) electrons. The van der Waals surface area contributed by atoms with Gasteiger partial charge in [-0.05, 0) is 42.2 Å².